The highest BCUT2D eigenvalue weighted by molar-refractivity contribution is 5.23. The summed E-state index contributed by atoms with van der Waals surface area (Å²) in [5, 5.41) is 0. The molecule has 106 valence electrons. The topological polar surface area (TPSA) is 12.9 Å². The fourth-order valence-electron chi connectivity index (χ4n) is 2.83. The van der Waals surface area contributed by atoms with Gasteiger partial charge in [-0.05, 0) is 42.9 Å². The predicted octanol–water partition coefficient (Wildman–Crippen LogP) is 5.15. The average Bonchev–Trinajstić information content (AvgIpc) is 2.50. The van der Waals surface area contributed by atoms with Gasteiger partial charge in [0.2, 0.25) is 0 Å². The molecule has 0 N–H and O–H groups in total. The number of aromatic nitrogens is 1. The molecule has 0 aliphatic heterocycles. The third-order valence-corrected chi connectivity index (χ3v) is 4.32. The van der Waals surface area contributed by atoms with Gasteiger partial charge in [0, 0.05) is 17.8 Å². The molecule has 1 nitrogen and oxygen atoms in total. The Morgan fingerprint density at radius 1 is 1.05 bits per heavy atom. The highest BCUT2D eigenvalue weighted by atomic mass is 14.7. The van der Waals surface area contributed by atoms with Gasteiger partial charge in [-0.2, -0.15) is 0 Å². The lowest BCUT2D eigenvalue weighted by molar-refractivity contribution is 0.413. The molecule has 2 atom stereocenters. The Bertz CT molecular complexity index is 518. The summed E-state index contributed by atoms with van der Waals surface area (Å²) < 4.78 is 0. The highest BCUT2D eigenvalue weighted by Crippen LogP contribution is 2.31. The van der Waals surface area contributed by atoms with Crippen LogP contribution >= 0.6 is 0 Å². The second-order valence-corrected chi connectivity index (χ2v) is 5.72. The molecule has 20 heavy (non-hydrogen) atoms. The van der Waals surface area contributed by atoms with Crippen molar-refractivity contribution in [2.24, 2.45) is 5.92 Å². The Morgan fingerprint density at radius 2 is 1.80 bits per heavy atom. The molecule has 0 radical (unpaired) electrons. The van der Waals surface area contributed by atoms with Gasteiger partial charge in [0.1, 0.15) is 0 Å². The second-order valence-electron chi connectivity index (χ2n) is 5.72. The van der Waals surface area contributed by atoms with Crippen LogP contribution in [0.3, 0.4) is 0 Å². The van der Waals surface area contributed by atoms with E-state index < -0.39 is 0 Å². The zero-order valence-corrected chi connectivity index (χ0v) is 12.8. The number of nitrogens with zero attached hydrogens (tertiary/aromatic N) is 1. The number of rotatable bonds is 6. The van der Waals surface area contributed by atoms with Crippen molar-refractivity contribution in [1.82, 2.24) is 4.98 Å². The molecular weight excluding hydrogens is 242 g/mol. The van der Waals surface area contributed by atoms with Crippen LogP contribution in [0.15, 0.2) is 48.7 Å². The minimum Gasteiger partial charge on any atom is -0.261 e. The summed E-state index contributed by atoms with van der Waals surface area (Å²) in [5.74, 6) is 1.23. The maximum Gasteiger partial charge on any atom is 0.0466 e. The highest BCUT2D eigenvalue weighted by Gasteiger charge is 2.20. The van der Waals surface area contributed by atoms with Crippen LogP contribution < -0.4 is 0 Å². The van der Waals surface area contributed by atoms with Crippen molar-refractivity contribution in [3.05, 3.63) is 65.5 Å². The van der Waals surface area contributed by atoms with E-state index in [0.717, 1.165) is 6.42 Å². The first-order valence-corrected chi connectivity index (χ1v) is 7.67. The zero-order valence-electron chi connectivity index (χ0n) is 12.8. The lowest BCUT2D eigenvalue weighted by Crippen LogP contribution is -2.13. The van der Waals surface area contributed by atoms with E-state index >= 15 is 0 Å². The van der Waals surface area contributed by atoms with Gasteiger partial charge in [0.05, 0.1) is 0 Å². The smallest absolute Gasteiger partial charge is 0.0466 e. The fourth-order valence-corrected chi connectivity index (χ4v) is 2.83. The van der Waals surface area contributed by atoms with Crippen LogP contribution in [0.5, 0.6) is 0 Å². The van der Waals surface area contributed by atoms with Crippen LogP contribution in [0.4, 0.5) is 0 Å². The number of hydrogen-bond donors (Lipinski definition) is 0. The van der Waals surface area contributed by atoms with Crippen LogP contribution in [0, 0.1) is 12.8 Å². The van der Waals surface area contributed by atoms with Crippen LogP contribution in [0.1, 0.15) is 49.4 Å². The SMILES string of the molecule is CCC(C)C(CCc1ccccc1)c1ncccc1C. The molecule has 0 bridgehead atoms. The van der Waals surface area contributed by atoms with Gasteiger partial charge in [-0.1, -0.05) is 56.7 Å². The van der Waals surface area contributed by atoms with Crippen LogP contribution in [-0.4, -0.2) is 4.98 Å². The zero-order chi connectivity index (χ0) is 14.4. The third-order valence-electron chi connectivity index (χ3n) is 4.32. The monoisotopic (exact) mass is 267 g/mol. The largest absolute Gasteiger partial charge is 0.261 e. The van der Waals surface area contributed by atoms with Gasteiger partial charge >= 0.3 is 0 Å². The van der Waals surface area contributed by atoms with E-state index in [4.69, 9.17) is 0 Å². The molecule has 1 aromatic carbocycles. The van der Waals surface area contributed by atoms with Crippen molar-refractivity contribution in [2.45, 2.75) is 46.0 Å². The van der Waals surface area contributed by atoms with E-state index in [1.54, 1.807) is 0 Å². The molecule has 1 aromatic heterocycles. The van der Waals surface area contributed by atoms with Crippen molar-refractivity contribution in [1.29, 1.82) is 0 Å². The lowest BCUT2D eigenvalue weighted by atomic mass is 9.82. The maximum atomic E-state index is 4.66. The minimum absolute atomic E-state index is 0.557. The van der Waals surface area contributed by atoms with Gasteiger partial charge in [-0.25, -0.2) is 0 Å². The van der Waals surface area contributed by atoms with Crippen molar-refractivity contribution < 1.29 is 0 Å². The van der Waals surface area contributed by atoms with E-state index in [-0.39, 0.29) is 0 Å². The Labute approximate surface area is 123 Å². The summed E-state index contributed by atoms with van der Waals surface area (Å²) in [6.07, 6.45) is 5.44. The Balaban J connectivity index is 2.15. The molecule has 0 spiro atoms. The third kappa shape index (κ3) is 3.69. The summed E-state index contributed by atoms with van der Waals surface area (Å²) in [7, 11) is 0. The Morgan fingerprint density at radius 3 is 2.45 bits per heavy atom. The van der Waals surface area contributed by atoms with Gasteiger partial charge in [-0.3, -0.25) is 4.98 Å². The molecule has 2 rings (SSSR count). The lowest BCUT2D eigenvalue weighted by Gasteiger charge is -2.24. The molecular formula is C19H25N. The van der Waals surface area contributed by atoms with Gasteiger partial charge in [0.15, 0.2) is 0 Å². The van der Waals surface area contributed by atoms with Crippen molar-refractivity contribution in [3.8, 4) is 0 Å². The van der Waals surface area contributed by atoms with Crippen LogP contribution in [-0.2, 0) is 6.42 Å². The molecule has 0 saturated heterocycles. The molecule has 1 heteroatoms. The summed E-state index contributed by atoms with van der Waals surface area (Å²) in [5.41, 5.74) is 4.04. The van der Waals surface area contributed by atoms with Gasteiger partial charge in [-0.15, -0.1) is 0 Å². The molecule has 0 amide bonds. The van der Waals surface area contributed by atoms with Crippen LogP contribution in [0.2, 0.25) is 0 Å². The van der Waals surface area contributed by atoms with E-state index in [9.17, 15) is 0 Å². The minimum atomic E-state index is 0.557. The van der Waals surface area contributed by atoms with Gasteiger partial charge < -0.3 is 0 Å². The summed E-state index contributed by atoms with van der Waals surface area (Å²) in [6, 6.07) is 15.0. The number of aryl methyl sites for hydroxylation is 2. The van der Waals surface area contributed by atoms with E-state index in [1.165, 1.54) is 29.7 Å². The van der Waals surface area contributed by atoms with Gasteiger partial charge in [0.25, 0.3) is 0 Å². The van der Waals surface area contributed by atoms with E-state index in [1.807, 2.05) is 12.3 Å². The first kappa shape index (κ1) is 14.8. The Hall–Kier alpha value is -1.63. The number of pyridine rings is 1. The molecule has 2 unspecified atom stereocenters. The fraction of sp³-hybridized carbons (Fsp3) is 0.421. The molecule has 1 heterocycles. The van der Waals surface area contributed by atoms with Crippen molar-refractivity contribution in [2.75, 3.05) is 0 Å². The second kappa shape index (κ2) is 7.23. The predicted molar refractivity (Wildman–Crippen MR) is 85.9 cm³/mol. The summed E-state index contributed by atoms with van der Waals surface area (Å²) in [6.45, 7) is 6.81. The summed E-state index contributed by atoms with van der Waals surface area (Å²) in [4.78, 5) is 4.66. The molecule has 0 aliphatic rings. The first-order valence-electron chi connectivity index (χ1n) is 7.67. The first-order chi connectivity index (χ1) is 9.72. The standard InChI is InChI=1S/C19H25N/c1-4-15(2)18(19-16(3)9-8-14-20-19)13-12-17-10-6-5-7-11-17/h5-11,14-15,18H,4,12-13H2,1-3H3. The normalized spacial score (nSPS) is 13.9. The average molecular weight is 267 g/mol. The summed E-state index contributed by atoms with van der Waals surface area (Å²) >= 11 is 0. The number of benzene rings is 1. The van der Waals surface area contributed by atoms with Crippen molar-refractivity contribution >= 4 is 0 Å². The Kier molecular flexibility index (Phi) is 5.34. The molecule has 0 aliphatic carbocycles. The number of hydrogen-bond acceptors (Lipinski definition) is 1. The molecule has 0 saturated carbocycles. The van der Waals surface area contributed by atoms with E-state index in [2.05, 4.69) is 62.2 Å². The van der Waals surface area contributed by atoms with E-state index in [0.29, 0.717) is 11.8 Å². The molecule has 2 aromatic rings. The molecule has 0 fully saturated rings. The van der Waals surface area contributed by atoms with Crippen LogP contribution in [0.25, 0.3) is 0 Å². The maximum absolute atomic E-state index is 4.66. The quantitative estimate of drug-likeness (QED) is 0.705. The van der Waals surface area contributed by atoms with Crippen molar-refractivity contribution in [3.63, 3.8) is 0 Å².